The number of benzene rings is 7. The third-order valence-electron chi connectivity index (χ3n) is 12.4. The van der Waals surface area contributed by atoms with Crippen LogP contribution in [0.4, 0.5) is 34.1 Å². The fraction of sp³-hybridized carbons (Fsp3) is 0.208. The van der Waals surface area contributed by atoms with Crippen LogP contribution < -0.4 is 26.2 Å². The van der Waals surface area contributed by atoms with Crippen molar-refractivity contribution in [1.29, 1.82) is 0 Å². The van der Waals surface area contributed by atoms with Crippen LogP contribution in [0.5, 0.6) is 0 Å². The van der Waals surface area contributed by atoms with Gasteiger partial charge in [0, 0.05) is 44.9 Å². The van der Waals surface area contributed by atoms with Crippen molar-refractivity contribution in [1.82, 2.24) is 0 Å². The number of rotatable bonds is 4. The van der Waals surface area contributed by atoms with Gasteiger partial charge in [-0.1, -0.05) is 134 Å². The Hall–Kier alpha value is -6.00. The number of anilines is 6. The molecular weight excluding hydrogens is 691 g/mol. The molecule has 0 spiro atoms. The predicted molar refractivity (Wildman–Crippen MR) is 245 cm³/mol. The van der Waals surface area contributed by atoms with Gasteiger partial charge in [-0.25, -0.2) is 0 Å². The van der Waals surface area contributed by atoms with Crippen LogP contribution in [0.25, 0.3) is 33.1 Å². The maximum Gasteiger partial charge on any atom is 0.252 e. The lowest BCUT2D eigenvalue weighted by Gasteiger charge is -2.44. The summed E-state index contributed by atoms with van der Waals surface area (Å²) in [4.78, 5) is 5.02. The molecule has 0 N–H and O–H groups in total. The molecule has 280 valence electrons. The Morgan fingerprint density at radius 2 is 1.00 bits per heavy atom. The summed E-state index contributed by atoms with van der Waals surface area (Å²) in [6, 6.07) is 54.6. The average molecular weight is 741 g/mol. The zero-order chi connectivity index (χ0) is 39.4. The highest BCUT2D eigenvalue weighted by molar-refractivity contribution is 7.00. The Labute approximate surface area is 337 Å². The summed E-state index contributed by atoms with van der Waals surface area (Å²) in [6.07, 6.45) is 0. The van der Waals surface area contributed by atoms with Crippen molar-refractivity contribution in [2.75, 3.05) is 9.80 Å². The van der Waals surface area contributed by atoms with E-state index in [1.807, 2.05) is 12.1 Å². The SMILES string of the molecule is CC(C)c1ccc(N2c3ccc(C(C)(C)C)cc3B3c4cc(C(C)(C)C)ccc4N(c4ccc(-c5ccc6oc7ccccc7c6c5)cc4)c4cccc2c43)cc1. The monoisotopic (exact) mass is 740 g/mol. The third-order valence-corrected chi connectivity index (χ3v) is 12.4. The lowest BCUT2D eigenvalue weighted by molar-refractivity contribution is 0.590. The Kier molecular flexibility index (Phi) is 7.93. The van der Waals surface area contributed by atoms with Gasteiger partial charge in [0.05, 0.1) is 0 Å². The van der Waals surface area contributed by atoms with Crippen molar-refractivity contribution >= 4 is 79.2 Å². The van der Waals surface area contributed by atoms with Crippen molar-refractivity contribution in [3.63, 3.8) is 0 Å². The van der Waals surface area contributed by atoms with Crippen molar-refractivity contribution in [3.8, 4) is 11.1 Å². The van der Waals surface area contributed by atoms with E-state index in [1.165, 1.54) is 72.6 Å². The van der Waals surface area contributed by atoms with Gasteiger partial charge >= 0.3 is 0 Å². The number of nitrogens with zero attached hydrogens (tertiary/aromatic N) is 2. The topological polar surface area (TPSA) is 19.6 Å². The van der Waals surface area contributed by atoms with Crippen LogP contribution in [0, 0.1) is 0 Å². The zero-order valence-corrected chi connectivity index (χ0v) is 34.3. The molecule has 4 heteroatoms. The van der Waals surface area contributed by atoms with Crippen LogP contribution in [0.3, 0.4) is 0 Å². The van der Waals surface area contributed by atoms with Crippen LogP contribution in [-0.4, -0.2) is 6.71 Å². The van der Waals surface area contributed by atoms with E-state index in [-0.39, 0.29) is 17.5 Å². The Morgan fingerprint density at radius 3 is 1.56 bits per heavy atom. The lowest BCUT2D eigenvalue weighted by atomic mass is 9.33. The van der Waals surface area contributed by atoms with E-state index < -0.39 is 0 Å². The molecule has 0 amide bonds. The first kappa shape index (κ1) is 35.4. The molecular formula is C53H49BN2O. The van der Waals surface area contributed by atoms with Gasteiger partial charge in [-0.2, -0.15) is 0 Å². The van der Waals surface area contributed by atoms with Crippen molar-refractivity contribution in [2.45, 2.75) is 72.1 Å². The molecule has 0 saturated heterocycles. The van der Waals surface area contributed by atoms with Gasteiger partial charge in [0.25, 0.3) is 6.71 Å². The normalized spacial score (nSPS) is 13.7. The summed E-state index contributed by atoms with van der Waals surface area (Å²) >= 11 is 0. The minimum atomic E-state index is -0.00231. The van der Waals surface area contributed by atoms with E-state index in [0.717, 1.165) is 27.6 Å². The highest BCUT2D eigenvalue weighted by Gasteiger charge is 2.44. The van der Waals surface area contributed by atoms with Crippen molar-refractivity contribution in [2.24, 2.45) is 0 Å². The predicted octanol–water partition coefficient (Wildman–Crippen LogP) is 13.1. The number of furan rings is 1. The van der Waals surface area contributed by atoms with Crippen molar-refractivity contribution in [3.05, 3.63) is 162 Å². The Morgan fingerprint density at radius 1 is 0.474 bits per heavy atom. The molecule has 1 aromatic heterocycles. The quantitative estimate of drug-likeness (QED) is 0.168. The summed E-state index contributed by atoms with van der Waals surface area (Å²) in [5, 5.41) is 2.29. The van der Waals surface area contributed by atoms with Gasteiger partial charge in [-0.15, -0.1) is 0 Å². The Balaban J connectivity index is 1.18. The van der Waals surface area contributed by atoms with E-state index in [1.54, 1.807) is 0 Å². The van der Waals surface area contributed by atoms with Crippen LogP contribution in [0.15, 0.2) is 150 Å². The summed E-state index contributed by atoms with van der Waals surface area (Å²) in [5.41, 5.74) is 19.6. The highest BCUT2D eigenvalue weighted by atomic mass is 16.3. The molecule has 0 radical (unpaired) electrons. The fourth-order valence-corrected chi connectivity index (χ4v) is 9.15. The molecule has 8 aromatic rings. The van der Waals surface area contributed by atoms with Crippen molar-refractivity contribution < 1.29 is 4.42 Å². The second kappa shape index (κ2) is 12.8. The molecule has 2 aliphatic rings. The summed E-state index contributed by atoms with van der Waals surface area (Å²) in [5.74, 6) is 0.470. The molecule has 0 fully saturated rings. The second-order valence-corrected chi connectivity index (χ2v) is 18.5. The highest BCUT2D eigenvalue weighted by Crippen LogP contribution is 2.45. The van der Waals surface area contributed by atoms with Gasteiger partial charge in [0.2, 0.25) is 0 Å². The molecule has 57 heavy (non-hydrogen) atoms. The summed E-state index contributed by atoms with van der Waals surface area (Å²) < 4.78 is 6.15. The number of para-hydroxylation sites is 1. The Bertz CT molecular complexity index is 2850. The van der Waals surface area contributed by atoms with Crippen LogP contribution in [0.2, 0.25) is 0 Å². The van der Waals surface area contributed by atoms with Crippen LogP contribution >= 0.6 is 0 Å². The molecule has 10 rings (SSSR count). The minimum absolute atomic E-state index is 0.00231. The summed E-state index contributed by atoms with van der Waals surface area (Å²) in [7, 11) is 0. The molecule has 0 aliphatic carbocycles. The van der Waals surface area contributed by atoms with Crippen LogP contribution in [0.1, 0.15) is 78.0 Å². The number of hydrogen-bond donors (Lipinski definition) is 0. The van der Waals surface area contributed by atoms with Gasteiger partial charge in [0.15, 0.2) is 0 Å². The number of fused-ring (bicyclic) bond motifs is 7. The van der Waals surface area contributed by atoms with E-state index in [4.69, 9.17) is 4.42 Å². The first-order valence-electron chi connectivity index (χ1n) is 20.5. The molecule has 0 atom stereocenters. The zero-order valence-electron chi connectivity index (χ0n) is 34.3. The van der Waals surface area contributed by atoms with Gasteiger partial charge in [-0.05, 0) is 128 Å². The smallest absolute Gasteiger partial charge is 0.252 e. The average Bonchev–Trinajstić information content (AvgIpc) is 3.58. The fourth-order valence-electron chi connectivity index (χ4n) is 9.15. The van der Waals surface area contributed by atoms with Gasteiger partial charge in [0.1, 0.15) is 11.2 Å². The van der Waals surface area contributed by atoms with Crippen LogP contribution in [-0.2, 0) is 10.8 Å². The van der Waals surface area contributed by atoms with E-state index >= 15 is 0 Å². The first-order chi connectivity index (χ1) is 27.3. The van der Waals surface area contributed by atoms with E-state index in [0.29, 0.717) is 5.92 Å². The second-order valence-electron chi connectivity index (χ2n) is 18.5. The molecule has 0 unspecified atom stereocenters. The van der Waals surface area contributed by atoms with E-state index in [9.17, 15) is 0 Å². The molecule has 0 bridgehead atoms. The van der Waals surface area contributed by atoms with Gasteiger partial charge < -0.3 is 14.2 Å². The lowest BCUT2D eigenvalue weighted by Crippen LogP contribution is -2.61. The largest absolute Gasteiger partial charge is 0.456 e. The molecule has 0 saturated carbocycles. The number of hydrogen-bond acceptors (Lipinski definition) is 3. The standard InChI is InChI=1S/C53H49BN2O/c1-33(2)34-16-23-39(24-17-34)55-45-27-21-37(52(3,4)5)31-43(45)54-44-32-38(53(6,7)8)22-28-46(44)56(48-14-11-13-47(55)51(48)54)40-25-18-35(19-26-40)36-20-29-50-42(30-36)41-12-9-10-15-49(41)57-50/h9-33H,1-8H3. The minimum Gasteiger partial charge on any atom is -0.456 e. The molecule has 7 aromatic carbocycles. The maximum absolute atomic E-state index is 6.15. The molecule has 3 heterocycles. The van der Waals surface area contributed by atoms with E-state index in [2.05, 4.69) is 199 Å². The molecule has 3 nitrogen and oxygen atoms in total. The first-order valence-corrected chi connectivity index (χ1v) is 20.5. The molecule has 2 aliphatic heterocycles. The summed E-state index contributed by atoms with van der Waals surface area (Å²) in [6.45, 7) is 18.6. The maximum atomic E-state index is 6.15. The van der Waals surface area contributed by atoms with Gasteiger partial charge in [-0.3, -0.25) is 0 Å². The third kappa shape index (κ3) is 5.71.